The molecule has 0 aliphatic carbocycles. The van der Waals surface area contributed by atoms with Crippen molar-refractivity contribution < 1.29 is 19.7 Å². The van der Waals surface area contributed by atoms with Gasteiger partial charge in [-0.2, -0.15) is 0 Å². The predicted octanol–water partition coefficient (Wildman–Crippen LogP) is 0.114. The van der Waals surface area contributed by atoms with Gasteiger partial charge < -0.3 is 14.9 Å². The molecule has 1 aromatic heterocycles. The second-order valence-electron chi connectivity index (χ2n) is 2.67. The molecule has 1 heterocycles. The Hall–Kier alpha value is -1.46. The van der Waals surface area contributed by atoms with Crippen molar-refractivity contribution in [1.82, 2.24) is 4.98 Å². The number of aryl methyl sites for hydroxylation is 1. The van der Waals surface area contributed by atoms with Gasteiger partial charge in [-0.3, -0.25) is 9.78 Å². The first-order valence-electron chi connectivity index (χ1n) is 4.43. The molecule has 1 aromatic rings. The molecule has 15 heavy (non-hydrogen) atoms. The molecule has 84 valence electrons. The van der Waals surface area contributed by atoms with E-state index in [9.17, 15) is 0 Å². The molecule has 1 rings (SSSR count). The molecule has 0 spiro atoms. The number of carbonyl (C=O) groups excluding carboxylic acids is 1. The van der Waals surface area contributed by atoms with Crippen LogP contribution >= 0.6 is 0 Å². The second-order valence-corrected chi connectivity index (χ2v) is 2.67. The summed E-state index contributed by atoms with van der Waals surface area (Å²) in [6.07, 6.45) is 1.42. The van der Waals surface area contributed by atoms with Crippen molar-refractivity contribution >= 4 is 6.47 Å². The second kappa shape index (κ2) is 9.11. The predicted molar refractivity (Wildman–Crippen MR) is 53.9 cm³/mol. The quantitative estimate of drug-likeness (QED) is 0.548. The number of pyridine rings is 1. The van der Waals surface area contributed by atoms with Crippen molar-refractivity contribution in [2.45, 2.75) is 19.1 Å². The molecular weight excluding hydrogens is 198 g/mol. The molecular formula is C10H15NO4. The van der Waals surface area contributed by atoms with Gasteiger partial charge in [0.2, 0.25) is 0 Å². The number of nitrogens with zero attached hydrogens (tertiary/aromatic N) is 1. The van der Waals surface area contributed by atoms with E-state index in [-0.39, 0.29) is 0 Å². The summed E-state index contributed by atoms with van der Waals surface area (Å²) in [5.74, 6) is 0. The summed E-state index contributed by atoms with van der Waals surface area (Å²) in [4.78, 5) is 13.0. The minimum Gasteiger partial charge on any atom is -0.471 e. The molecule has 0 aliphatic rings. The number of methoxy groups -OCH3 is 1. The summed E-state index contributed by atoms with van der Waals surface area (Å²) < 4.78 is 3.86. The van der Waals surface area contributed by atoms with Crippen LogP contribution in [0.4, 0.5) is 0 Å². The fraction of sp³-hybridized carbons (Fsp3) is 0.400. The number of aliphatic hydroxyl groups excluding tert-OH is 1. The molecule has 0 aliphatic heterocycles. The molecule has 2 N–H and O–H groups in total. The Balaban J connectivity index is 0.000000423. The Kier molecular flexibility index (Phi) is 8.22. The van der Waals surface area contributed by atoms with E-state index >= 15 is 0 Å². The van der Waals surface area contributed by atoms with Crippen molar-refractivity contribution in [3.63, 3.8) is 0 Å². The molecule has 0 saturated carbocycles. The average Bonchev–Trinajstić information content (AvgIpc) is 2.28. The number of aliphatic hydroxyl groups is 2. The zero-order valence-corrected chi connectivity index (χ0v) is 8.54. The Labute approximate surface area is 88.3 Å². The number of ether oxygens (including phenoxy) is 1. The van der Waals surface area contributed by atoms with Crippen LogP contribution in [-0.4, -0.2) is 35.1 Å². The van der Waals surface area contributed by atoms with Gasteiger partial charge >= 0.3 is 0 Å². The van der Waals surface area contributed by atoms with E-state index in [2.05, 4.69) is 9.72 Å². The fourth-order valence-corrected chi connectivity index (χ4v) is 0.823. The molecule has 0 aromatic carbocycles. The maximum Gasteiger partial charge on any atom is 0.292 e. The van der Waals surface area contributed by atoms with Crippen LogP contribution in [0.15, 0.2) is 24.4 Å². The average molecular weight is 213 g/mol. The summed E-state index contributed by atoms with van der Waals surface area (Å²) in [7, 11) is 1.31. The highest BCUT2D eigenvalue weighted by atomic mass is 16.5. The van der Waals surface area contributed by atoms with Crippen molar-refractivity contribution in [1.29, 1.82) is 0 Å². The van der Waals surface area contributed by atoms with Gasteiger partial charge in [0.15, 0.2) is 6.29 Å². The van der Waals surface area contributed by atoms with Gasteiger partial charge in [-0.25, -0.2) is 0 Å². The van der Waals surface area contributed by atoms with E-state index in [1.165, 1.54) is 7.11 Å². The third kappa shape index (κ3) is 8.86. The summed E-state index contributed by atoms with van der Waals surface area (Å²) in [5.41, 5.74) is 0.889. The van der Waals surface area contributed by atoms with Crippen LogP contribution in [0.3, 0.4) is 0 Å². The van der Waals surface area contributed by atoms with Gasteiger partial charge in [-0.15, -0.1) is 0 Å². The van der Waals surface area contributed by atoms with Crippen LogP contribution in [0.2, 0.25) is 0 Å². The van der Waals surface area contributed by atoms with Crippen LogP contribution in [0.1, 0.15) is 12.1 Å². The van der Waals surface area contributed by atoms with E-state index in [4.69, 9.17) is 15.0 Å². The van der Waals surface area contributed by atoms with E-state index in [0.29, 0.717) is 19.3 Å². The monoisotopic (exact) mass is 213 g/mol. The maximum atomic E-state index is 8.95. The molecule has 0 amide bonds. The highest BCUT2D eigenvalue weighted by molar-refractivity contribution is 5.36. The third-order valence-corrected chi connectivity index (χ3v) is 1.48. The molecule has 0 unspecified atom stereocenters. The smallest absolute Gasteiger partial charge is 0.292 e. The Bertz CT molecular complexity index is 251. The van der Waals surface area contributed by atoms with Gasteiger partial charge in [0.1, 0.15) is 0 Å². The Morgan fingerprint density at radius 3 is 2.60 bits per heavy atom. The zero-order valence-electron chi connectivity index (χ0n) is 8.54. The topological polar surface area (TPSA) is 79.7 Å². The first kappa shape index (κ1) is 13.5. The first-order valence-corrected chi connectivity index (χ1v) is 4.43. The van der Waals surface area contributed by atoms with E-state index < -0.39 is 6.29 Å². The van der Waals surface area contributed by atoms with Crippen molar-refractivity contribution in [2.24, 2.45) is 0 Å². The van der Waals surface area contributed by atoms with Gasteiger partial charge in [0.25, 0.3) is 6.47 Å². The molecule has 0 fully saturated rings. The first-order chi connectivity index (χ1) is 7.20. The van der Waals surface area contributed by atoms with Crippen LogP contribution in [0.25, 0.3) is 0 Å². The lowest BCUT2D eigenvalue weighted by molar-refractivity contribution is -0.126. The van der Waals surface area contributed by atoms with Gasteiger partial charge in [0.05, 0.1) is 7.11 Å². The summed E-state index contributed by atoms with van der Waals surface area (Å²) >= 11 is 0. The molecule has 0 bridgehead atoms. The summed E-state index contributed by atoms with van der Waals surface area (Å²) in [5, 5.41) is 17.1. The molecule has 0 atom stereocenters. The van der Waals surface area contributed by atoms with Crippen LogP contribution < -0.4 is 0 Å². The Morgan fingerprint density at radius 2 is 2.20 bits per heavy atom. The lowest BCUT2D eigenvalue weighted by Crippen LogP contribution is -2.05. The lowest BCUT2D eigenvalue weighted by atomic mass is 10.2. The van der Waals surface area contributed by atoms with Gasteiger partial charge in [0, 0.05) is 18.3 Å². The maximum absolute atomic E-state index is 8.95. The minimum absolute atomic E-state index is 0.344. The largest absolute Gasteiger partial charge is 0.471 e. The summed E-state index contributed by atoms with van der Waals surface area (Å²) in [6, 6.07) is 5.58. The minimum atomic E-state index is -1.22. The zero-order chi connectivity index (χ0) is 11.5. The molecule has 0 saturated heterocycles. The van der Waals surface area contributed by atoms with E-state index in [1.807, 2.05) is 18.2 Å². The fourth-order valence-electron chi connectivity index (χ4n) is 0.823. The van der Waals surface area contributed by atoms with E-state index in [1.54, 1.807) is 6.20 Å². The number of carbonyl (C=O) groups is 1. The van der Waals surface area contributed by atoms with Crippen molar-refractivity contribution in [2.75, 3.05) is 7.11 Å². The SMILES string of the molecule is COC=O.OC(O)CCc1ccccn1. The van der Waals surface area contributed by atoms with Crippen molar-refractivity contribution in [3.05, 3.63) is 30.1 Å². The van der Waals surface area contributed by atoms with Crippen molar-refractivity contribution in [3.8, 4) is 0 Å². The molecule has 5 heteroatoms. The summed E-state index contributed by atoms with van der Waals surface area (Å²) in [6.45, 7) is 0.375. The Morgan fingerprint density at radius 1 is 1.53 bits per heavy atom. The molecule has 0 radical (unpaired) electrons. The van der Waals surface area contributed by atoms with E-state index in [0.717, 1.165) is 5.69 Å². The van der Waals surface area contributed by atoms with Crippen LogP contribution in [0, 0.1) is 0 Å². The van der Waals surface area contributed by atoms with Crippen LogP contribution in [-0.2, 0) is 16.0 Å². The van der Waals surface area contributed by atoms with Gasteiger partial charge in [-0.05, 0) is 18.6 Å². The molecule has 5 nitrogen and oxygen atoms in total. The number of rotatable bonds is 4. The standard InChI is InChI=1S/C8H11NO2.C2H4O2/c10-8(11)5-4-7-3-1-2-6-9-7;1-4-2-3/h1-3,6,8,10-11H,4-5H2;2H,1H3. The highest BCUT2D eigenvalue weighted by Crippen LogP contribution is 1.99. The normalized spacial score (nSPS) is 9.07. The number of hydrogen-bond acceptors (Lipinski definition) is 5. The van der Waals surface area contributed by atoms with Crippen LogP contribution in [0.5, 0.6) is 0 Å². The number of aromatic nitrogens is 1. The lowest BCUT2D eigenvalue weighted by Gasteiger charge is -2.01. The highest BCUT2D eigenvalue weighted by Gasteiger charge is 1.98. The number of hydrogen-bond donors (Lipinski definition) is 2. The third-order valence-electron chi connectivity index (χ3n) is 1.48. The van der Waals surface area contributed by atoms with Gasteiger partial charge in [-0.1, -0.05) is 6.07 Å².